The zero-order valence-corrected chi connectivity index (χ0v) is 31.6. The van der Waals surface area contributed by atoms with Gasteiger partial charge in [0.25, 0.3) is 0 Å². The van der Waals surface area contributed by atoms with Crippen LogP contribution < -0.4 is 4.74 Å². The van der Waals surface area contributed by atoms with E-state index < -0.39 is 54.4 Å². The number of benzene rings is 3. The summed E-state index contributed by atoms with van der Waals surface area (Å²) in [5, 5.41) is 0. The van der Waals surface area contributed by atoms with E-state index in [1.54, 1.807) is 0 Å². The quantitative estimate of drug-likeness (QED) is 0.158. The van der Waals surface area contributed by atoms with E-state index in [-0.39, 0.29) is 13.0 Å². The van der Waals surface area contributed by atoms with Gasteiger partial charge < -0.3 is 28.4 Å². The van der Waals surface area contributed by atoms with Crippen molar-refractivity contribution in [3.63, 3.8) is 0 Å². The molecule has 2 saturated heterocycles. The van der Waals surface area contributed by atoms with E-state index in [4.69, 9.17) is 28.4 Å². The molecule has 0 radical (unpaired) electrons. The van der Waals surface area contributed by atoms with Gasteiger partial charge in [-0.2, -0.15) is 0 Å². The van der Waals surface area contributed by atoms with E-state index in [0.717, 1.165) is 67.4 Å². The Morgan fingerprint density at radius 3 is 2.04 bits per heavy atom. The first-order chi connectivity index (χ1) is 26.1. The zero-order chi connectivity index (χ0) is 38.2. The van der Waals surface area contributed by atoms with Gasteiger partial charge in [-0.05, 0) is 79.4 Å². The second-order valence-corrected chi connectivity index (χ2v) is 14.5. The van der Waals surface area contributed by atoms with E-state index in [2.05, 4.69) is 17.9 Å². The fourth-order valence-electron chi connectivity index (χ4n) is 8.32. The Bertz CT molecular complexity index is 1760. The van der Waals surface area contributed by atoms with Gasteiger partial charge in [0.15, 0.2) is 24.4 Å². The summed E-state index contributed by atoms with van der Waals surface area (Å²) in [6.45, 7) is 8.25. The maximum absolute atomic E-state index is 13.9. The second kappa shape index (κ2) is 18.1. The fraction of sp³-hybridized carbons (Fsp3) is 0.488. The van der Waals surface area contributed by atoms with Crippen LogP contribution in [0.25, 0.3) is 0 Å². The van der Waals surface area contributed by atoms with Crippen molar-refractivity contribution < 1.29 is 47.6 Å². The Kier molecular flexibility index (Phi) is 13.0. The molecule has 3 aromatic carbocycles. The third-order valence-electron chi connectivity index (χ3n) is 10.6. The van der Waals surface area contributed by atoms with Crippen LogP contribution in [0.2, 0.25) is 0 Å². The van der Waals surface area contributed by atoms with Crippen molar-refractivity contribution in [2.45, 2.75) is 116 Å². The van der Waals surface area contributed by atoms with Crippen molar-refractivity contribution in [3.05, 3.63) is 101 Å². The molecule has 2 heterocycles. The molecule has 11 heteroatoms. The SMILES string of the molecule is CCCN1CCC[C@@H]2Cc3c(ccc(OCc4ccccc4)c3C[C@@H]3O[C@H](C(=O)OCc4ccccc4)[C@@H](OC(C)=O)[C@H](OC(C)=O)[C@H]3OC(C)=O)C[C@H]21. The fourth-order valence-corrected chi connectivity index (χ4v) is 8.32. The summed E-state index contributed by atoms with van der Waals surface area (Å²) < 4.78 is 36.1. The minimum atomic E-state index is -1.50. The summed E-state index contributed by atoms with van der Waals surface area (Å²) in [5.74, 6) is -1.83. The molecule has 0 bridgehead atoms. The van der Waals surface area contributed by atoms with E-state index in [9.17, 15) is 19.2 Å². The van der Waals surface area contributed by atoms with Gasteiger partial charge in [-0.25, -0.2) is 4.79 Å². The lowest BCUT2D eigenvalue weighted by Gasteiger charge is -2.46. The minimum absolute atomic E-state index is 0.0656. The molecule has 54 heavy (non-hydrogen) atoms. The lowest BCUT2D eigenvalue weighted by atomic mass is 9.73. The lowest BCUT2D eigenvalue weighted by molar-refractivity contribution is -0.249. The van der Waals surface area contributed by atoms with Crippen molar-refractivity contribution >= 4 is 23.9 Å². The van der Waals surface area contributed by atoms with Gasteiger partial charge in [-0.3, -0.25) is 19.3 Å². The largest absolute Gasteiger partial charge is 0.489 e. The molecule has 11 nitrogen and oxygen atoms in total. The maximum Gasteiger partial charge on any atom is 0.339 e. The van der Waals surface area contributed by atoms with Gasteiger partial charge in [0, 0.05) is 38.8 Å². The molecule has 0 unspecified atom stereocenters. The van der Waals surface area contributed by atoms with Gasteiger partial charge in [0.1, 0.15) is 25.1 Å². The smallest absolute Gasteiger partial charge is 0.339 e. The van der Waals surface area contributed by atoms with Gasteiger partial charge in [-0.15, -0.1) is 0 Å². The van der Waals surface area contributed by atoms with Crippen LogP contribution in [0.3, 0.4) is 0 Å². The number of fused-ring (bicyclic) bond motifs is 2. The molecule has 0 saturated carbocycles. The van der Waals surface area contributed by atoms with Crippen molar-refractivity contribution in [2.75, 3.05) is 13.1 Å². The molecule has 7 atom stereocenters. The number of ether oxygens (including phenoxy) is 6. The number of likely N-dealkylation sites (tertiary alicyclic amines) is 1. The molecule has 6 rings (SSSR count). The molecule has 2 fully saturated rings. The Balaban J connectivity index is 1.40. The van der Waals surface area contributed by atoms with E-state index in [0.29, 0.717) is 24.3 Å². The van der Waals surface area contributed by atoms with Gasteiger partial charge >= 0.3 is 23.9 Å². The van der Waals surface area contributed by atoms with Crippen LogP contribution in [0.1, 0.15) is 74.8 Å². The number of nitrogens with zero attached hydrogens (tertiary/aromatic N) is 1. The highest BCUT2D eigenvalue weighted by Crippen LogP contribution is 2.41. The third-order valence-corrected chi connectivity index (χ3v) is 10.6. The molecule has 0 spiro atoms. The molecule has 288 valence electrons. The normalized spacial score (nSPS) is 25.0. The van der Waals surface area contributed by atoms with Crippen LogP contribution in [0, 0.1) is 5.92 Å². The Hall–Kier alpha value is -4.74. The van der Waals surface area contributed by atoms with E-state index >= 15 is 0 Å². The maximum atomic E-state index is 13.9. The number of hydrogen-bond donors (Lipinski definition) is 0. The molecular formula is C43H51NO10. The number of esters is 4. The van der Waals surface area contributed by atoms with Crippen molar-refractivity contribution in [3.8, 4) is 5.75 Å². The van der Waals surface area contributed by atoms with Gasteiger partial charge in [0.05, 0.1) is 0 Å². The number of rotatable bonds is 13. The molecular weight excluding hydrogens is 690 g/mol. The highest BCUT2D eigenvalue weighted by molar-refractivity contribution is 5.77. The Morgan fingerprint density at radius 2 is 1.39 bits per heavy atom. The first-order valence-corrected chi connectivity index (χ1v) is 19.0. The molecule has 0 N–H and O–H groups in total. The summed E-state index contributed by atoms with van der Waals surface area (Å²) in [7, 11) is 0. The average molecular weight is 742 g/mol. The molecule has 0 aromatic heterocycles. The van der Waals surface area contributed by atoms with Gasteiger partial charge in [0.2, 0.25) is 0 Å². The average Bonchev–Trinajstić information content (AvgIpc) is 3.15. The molecule has 0 amide bonds. The van der Waals surface area contributed by atoms with Crippen molar-refractivity contribution in [2.24, 2.45) is 5.92 Å². The summed E-state index contributed by atoms with van der Waals surface area (Å²) in [6, 6.07) is 23.6. The van der Waals surface area contributed by atoms with Crippen molar-refractivity contribution in [1.82, 2.24) is 4.90 Å². The second-order valence-electron chi connectivity index (χ2n) is 14.5. The lowest BCUT2D eigenvalue weighted by Crippen LogP contribution is -2.63. The van der Waals surface area contributed by atoms with E-state index in [1.807, 2.05) is 66.7 Å². The third kappa shape index (κ3) is 9.49. The van der Waals surface area contributed by atoms with Crippen LogP contribution in [0.4, 0.5) is 0 Å². The topological polar surface area (TPSA) is 127 Å². The van der Waals surface area contributed by atoms with Crippen LogP contribution >= 0.6 is 0 Å². The van der Waals surface area contributed by atoms with Crippen LogP contribution in [-0.2, 0) is 75.3 Å². The van der Waals surface area contributed by atoms with Crippen molar-refractivity contribution in [1.29, 1.82) is 0 Å². The predicted octanol–water partition coefficient (Wildman–Crippen LogP) is 5.70. The number of piperidine rings is 1. The monoisotopic (exact) mass is 741 g/mol. The number of carbonyl (C=O) groups excluding carboxylic acids is 4. The highest BCUT2D eigenvalue weighted by atomic mass is 16.7. The predicted molar refractivity (Wildman–Crippen MR) is 198 cm³/mol. The van der Waals surface area contributed by atoms with Gasteiger partial charge in [-0.1, -0.05) is 73.7 Å². The Labute approximate surface area is 317 Å². The van der Waals surface area contributed by atoms with E-state index in [1.165, 1.54) is 26.3 Å². The number of hydrogen-bond acceptors (Lipinski definition) is 11. The molecule has 3 aromatic rings. The van der Waals surface area contributed by atoms with Crippen LogP contribution in [0.15, 0.2) is 72.8 Å². The first-order valence-electron chi connectivity index (χ1n) is 19.0. The summed E-state index contributed by atoms with van der Waals surface area (Å²) in [5.41, 5.74) is 4.98. The standard InChI is InChI=1S/C43H51NO10/c1-5-20-44-21-12-17-33-22-34-32(23-36(33)44)18-19-37(49-25-30-13-8-6-9-14-30)35(34)24-38-39(51-27(2)45)40(52-28(3)46)41(53-29(4)47)42(54-38)43(48)50-26-31-15-10-7-11-16-31/h6-11,13-16,18-19,33,36,38-42H,5,12,17,20-26H2,1-4H3/t33-,36-,38+,39+,40-,41+,42+/m1/s1. The first kappa shape index (κ1) is 39.0. The summed E-state index contributed by atoms with van der Waals surface area (Å²) in [4.78, 5) is 54.3. The molecule has 1 aliphatic carbocycles. The highest BCUT2D eigenvalue weighted by Gasteiger charge is 2.55. The van der Waals surface area contributed by atoms with Crippen LogP contribution in [0.5, 0.6) is 5.75 Å². The summed E-state index contributed by atoms with van der Waals surface area (Å²) >= 11 is 0. The Morgan fingerprint density at radius 1 is 0.759 bits per heavy atom. The molecule has 2 aliphatic heterocycles. The zero-order valence-electron chi connectivity index (χ0n) is 31.6. The summed E-state index contributed by atoms with van der Waals surface area (Å²) in [6.07, 6.45) is -1.39. The van der Waals surface area contributed by atoms with Crippen LogP contribution in [-0.4, -0.2) is 78.4 Å². The number of carbonyl (C=O) groups is 4. The minimum Gasteiger partial charge on any atom is -0.489 e. The molecule has 3 aliphatic rings.